The van der Waals surface area contributed by atoms with Gasteiger partial charge in [0, 0.05) is 37.2 Å². The first-order valence-corrected chi connectivity index (χ1v) is 9.70. The number of carbonyl (C=O) groups excluding carboxylic acids is 1. The van der Waals surface area contributed by atoms with E-state index >= 15 is 0 Å². The van der Waals surface area contributed by atoms with Crippen molar-refractivity contribution in [2.75, 3.05) is 38.2 Å². The number of amides is 1. The van der Waals surface area contributed by atoms with E-state index in [1.165, 1.54) is 7.11 Å². The molecule has 0 N–H and O–H groups in total. The molecule has 150 valence electrons. The Bertz CT molecular complexity index is 887. The van der Waals surface area contributed by atoms with E-state index in [9.17, 15) is 4.79 Å². The molecule has 0 radical (unpaired) electrons. The molecule has 2 aromatic heterocycles. The Morgan fingerprint density at radius 2 is 1.79 bits per heavy atom. The largest absolute Gasteiger partial charge is 0.453 e. The second kappa shape index (κ2) is 6.76. The third-order valence-corrected chi connectivity index (χ3v) is 6.11. The Kier molecular flexibility index (Phi) is 4.51. The molecule has 4 rings (SSSR count). The van der Waals surface area contributed by atoms with E-state index in [0.717, 1.165) is 78.9 Å². The lowest BCUT2D eigenvalue weighted by atomic mass is 9.72. The molecule has 2 aromatic rings. The first kappa shape index (κ1) is 18.7. The Balaban J connectivity index is 1.54. The lowest BCUT2D eigenvalue weighted by molar-refractivity contribution is 0.0621. The summed E-state index contributed by atoms with van der Waals surface area (Å²) in [7, 11) is 1.44. The van der Waals surface area contributed by atoms with Crippen LogP contribution < -0.4 is 4.90 Å². The number of methoxy groups -OCH3 is 1. The molecule has 0 bridgehead atoms. The highest BCUT2D eigenvalue weighted by Gasteiger charge is 2.46. The van der Waals surface area contributed by atoms with Crippen LogP contribution in [0.4, 0.5) is 10.6 Å². The quantitative estimate of drug-likeness (QED) is 0.785. The van der Waals surface area contributed by atoms with Gasteiger partial charge in [0.25, 0.3) is 0 Å². The molecular weight excluding hydrogens is 358 g/mol. The Morgan fingerprint density at radius 3 is 2.36 bits per heavy atom. The second-order valence-corrected chi connectivity index (χ2v) is 8.08. The fraction of sp³-hybridized carbons (Fsp3) is 0.600. The molecule has 2 aliphatic heterocycles. The van der Waals surface area contributed by atoms with Gasteiger partial charge in [-0.15, -0.1) is 0 Å². The Morgan fingerprint density at radius 1 is 1.11 bits per heavy atom. The monoisotopic (exact) mass is 385 g/mol. The van der Waals surface area contributed by atoms with Gasteiger partial charge < -0.3 is 19.1 Å². The lowest BCUT2D eigenvalue weighted by Crippen LogP contribution is -2.61. The first-order chi connectivity index (χ1) is 13.3. The summed E-state index contributed by atoms with van der Waals surface area (Å²) in [5.74, 6) is 2.51. The zero-order valence-electron chi connectivity index (χ0n) is 17.2. The molecule has 1 spiro atoms. The normalized spacial score (nSPS) is 18.3. The van der Waals surface area contributed by atoms with Crippen molar-refractivity contribution in [1.29, 1.82) is 0 Å². The van der Waals surface area contributed by atoms with Gasteiger partial charge in [-0.1, -0.05) is 5.16 Å². The van der Waals surface area contributed by atoms with Crippen LogP contribution in [0.2, 0.25) is 0 Å². The summed E-state index contributed by atoms with van der Waals surface area (Å²) in [6.45, 7) is 11.3. The maximum Gasteiger partial charge on any atom is 0.409 e. The molecule has 0 unspecified atom stereocenters. The second-order valence-electron chi connectivity index (χ2n) is 8.08. The number of carbonyl (C=O) groups is 1. The van der Waals surface area contributed by atoms with Crippen molar-refractivity contribution in [2.24, 2.45) is 5.41 Å². The molecule has 0 atom stereocenters. The summed E-state index contributed by atoms with van der Waals surface area (Å²) in [6, 6.07) is 0. The van der Waals surface area contributed by atoms with Gasteiger partial charge in [-0.2, -0.15) is 0 Å². The summed E-state index contributed by atoms with van der Waals surface area (Å²) in [6.07, 6.45) is 1.77. The number of aryl methyl sites for hydroxylation is 3. The summed E-state index contributed by atoms with van der Waals surface area (Å²) >= 11 is 0. The fourth-order valence-electron chi connectivity index (χ4n) is 4.51. The molecule has 1 amide bonds. The van der Waals surface area contributed by atoms with E-state index in [4.69, 9.17) is 14.2 Å². The Labute approximate surface area is 164 Å². The van der Waals surface area contributed by atoms with E-state index in [1.807, 2.05) is 20.8 Å². The molecule has 0 saturated carbocycles. The summed E-state index contributed by atoms with van der Waals surface area (Å²) < 4.78 is 10.2. The first-order valence-electron chi connectivity index (χ1n) is 9.70. The highest BCUT2D eigenvalue weighted by atomic mass is 16.5. The minimum absolute atomic E-state index is 0.225. The van der Waals surface area contributed by atoms with Gasteiger partial charge in [0.1, 0.15) is 17.4 Å². The third kappa shape index (κ3) is 3.00. The van der Waals surface area contributed by atoms with Crippen molar-refractivity contribution in [1.82, 2.24) is 20.0 Å². The highest BCUT2D eigenvalue weighted by molar-refractivity contribution is 5.72. The number of rotatable bonds is 2. The van der Waals surface area contributed by atoms with E-state index < -0.39 is 0 Å². The van der Waals surface area contributed by atoms with Crippen molar-refractivity contribution >= 4 is 11.9 Å². The number of hydrogen-bond donors (Lipinski definition) is 0. The molecular formula is C20H27N5O3. The molecule has 0 aromatic carbocycles. The SMILES string of the molecule is COC(=O)N1CCC2(CC1)CN(c1nc(C)nc(-c3c(C)noc3C)c1C)C2. The fourth-order valence-corrected chi connectivity index (χ4v) is 4.51. The van der Waals surface area contributed by atoms with Crippen LogP contribution in [0.5, 0.6) is 0 Å². The van der Waals surface area contributed by atoms with Gasteiger partial charge in [-0.05, 0) is 40.5 Å². The molecule has 28 heavy (non-hydrogen) atoms. The minimum Gasteiger partial charge on any atom is -0.453 e. The maximum absolute atomic E-state index is 11.7. The number of likely N-dealkylation sites (tertiary alicyclic amines) is 1. The van der Waals surface area contributed by atoms with Gasteiger partial charge in [0.05, 0.1) is 24.1 Å². The molecule has 8 heteroatoms. The molecule has 2 aliphatic rings. The van der Waals surface area contributed by atoms with Crippen LogP contribution in [0.3, 0.4) is 0 Å². The lowest BCUT2D eigenvalue weighted by Gasteiger charge is -2.54. The molecule has 2 saturated heterocycles. The van der Waals surface area contributed by atoms with E-state index in [2.05, 4.69) is 22.0 Å². The number of ether oxygens (including phenoxy) is 1. The molecule has 0 aliphatic carbocycles. The number of hydrogen-bond acceptors (Lipinski definition) is 7. The van der Waals surface area contributed by atoms with Crippen molar-refractivity contribution in [3.63, 3.8) is 0 Å². The van der Waals surface area contributed by atoms with Gasteiger partial charge in [0.15, 0.2) is 0 Å². The zero-order valence-corrected chi connectivity index (χ0v) is 17.2. The van der Waals surface area contributed by atoms with Crippen LogP contribution in [-0.2, 0) is 4.74 Å². The van der Waals surface area contributed by atoms with Crippen LogP contribution in [0, 0.1) is 33.1 Å². The number of aromatic nitrogens is 3. The van der Waals surface area contributed by atoms with Crippen LogP contribution in [0.25, 0.3) is 11.3 Å². The van der Waals surface area contributed by atoms with E-state index in [1.54, 1.807) is 4.90 Å². The van der Waals surface area contributed by atoms with Crippen molar-refractivity contribution in [2.45, 2.75) is 40.5 Å². The van der Waals surface area contributed by atoms with Crippen LogP contribution in [0.1, 0.15) is 35.7 Å². The average molecular weight is 385 g/mol. The number of piperidine rings is 1. The zero-order chi connectivity index (χ0) is 20.1. The van der Waals surface area contributed by atoms with E-state index in [0.29, 0.717) is 0 Å². The van der Waals surface area contributed by atoms with Crippen molar-refractivity contribution < 1.29 is 14.1 Å². The van der Waals surface area contributed by atoms with E-state index in [-0.39, 0.29) is 11.5 Å². The van der Waals surface area contributed by atoms with Gasteiger partial charge in [-0.3, -0.25) is 0 Å². The Hall–Kier alpha value is -2.64. The minimum atomic E-state index is -0.225. The van der Waals surface area contributed by atoms with Crippen molar-refractivity contribution in [3.05, 3.63) is 22.8 Å². The molecule has 2 fully saturated rings. The van der Waals surface area contributed by atoms with Gasteiger partial charge in [0.2, 0.25) is 0 Å². The highest BCUT2D eigenvalue weighted by Crippen LogP contribution is 2.44. The smallest absolute Gasteiger partial charge is 0.409 e. The standard InChI is InChI=1S/C20H27N5O3/c1-12-17(16-13(2)23-28-14(16)3)21-15(4)22-18(12)25-10-20(11-25)6-8-24(9-7-20)19(26)27-5/h6-11H2,1-5H3. The topological polar surface area (TPSA) is 84.6 Å². The van der Waals surface area contributed by atoms with Gasteiger partial charge >= 0.3 is 6.09 Å². The molecule has 8 nitrogen and oxygen atoms in total. The summed E-state index contributed by atoms with van der Waals surface area (Å²) in [5.41, 5.74) is 4.03. The number of nitrogens with zero attached hydrogens (tertiary/aromatic N) is 5. The van der Waals surface area contributed by atoms with Gasteiger partial charge in [-0.25, -0.2) is 14.8 Å². The maximum atomic E-state index is 11.7. The average Bonchev–Trinajstić information content (AvgIpc) is 2.99. The number of anilines is 1. The predicted molar refractivity (Wildman–Crippen MR) is 104 cm³/mol. The van der Waals surface area contributed by atoms with Crippen LogP contribution in [0.15, 0.2) is 4.52 Å². The molecule has 4 heterocycles. The van der Waals surface area contributed by atoms with Crippen LogP contribution in [-0.4, -0.2) is 59.4 Å². The third-order valence-electron chi connectivity index (χ3n) is 6.11. The van der Waals surface area contributed by atoms with Crippen molar-refractivity contribution in [3.8, 4) is 11.3 Å². The van der Waals surface area contributed by atoms with Crippen LogP contribution >= 0.6 is 0 Å². The summed E-state index contributed by atoms with van der Waals surface area (Å²) in [4.78, 5) is 25.3. The summed E-state index contributed by atoms with van der Waals surface area (Å²) in [5, 5.41) is 4.08. The predicted octanol–water partition coefficient (Wildman–Crippen LogP) is 3.03.